The highest BCUT2D eigenvalue weighted by Crippen LogP contribution is 2.74. The van der Waals surface area contributed by atoms with Crippen molar-refractivity contribution in [2.24, 2.45) is 46.8 Å². The van der Waals surface area contributed by atoms with Gasteiger partial charge in [0, 0.05) is 0 Å². The summed E-state index contributed by atoms with van der Waals surface area (Å²) in [4.78, 5) is 28.9. The Bertz CT molecular complexity index is 648. The van der Waals surface area contributed by atoms with E-state index in [9.17, 15) is 9.59 Å². The predicted octanol–water partition coefficient (Wildman–Crippen LogP) is 3.15. The van der Waals surface area contributed by atoms with Crippen LogP contribution in [0.25, 0.3) is 0 Å². The van der Waals surface area contributed by atoms with E-state index in [-0.39, 0.29) is 29.2 Å². The third-order valence-electron chi connectivity index (χ3n) is 9.33. The standard InChI is InChI=1S/C21H25NO2/c23-18-16-14-1-2-15(21(14)3-4-21)17(16)19(24)22(18)20-8-11-5-12(9-20)7-13(6-11)10-20/h1-2,11-17H,3-10H2/t11?,12?,13?,14-,15-,16+,17+,20?/m0/s1. The maximum absolute atomic E-state index is 13.5. The van der Waals surface area contributed by atoms with Crippen LogP contribution in [0.5, 0.6) is 0 Å². The van der Waals surface area contributed by atoms with Crippen molar-refractivity contribution in [2.45, 2.75) is 56.9 Å². The average Bonchev–Trinajstić information content (AvgIpc) is 3.10. The summed E-state index contributed by atoms with van der Waals surface area (Å²) in [5.41, 5.74) is 0.248. The summed E-state index contributed by atoms with van der Waals surface area (Å²) in [7, 11) is 0. The van der Waals surface area contributed by atoms with Crippen LogP contribution >= 0.6 is 0 Å². The second-order valence-electron chi connectivity index (χ2n) is 10.4. The summed E-state index contributed by atoms with van der Waals surface area (Å²) in [6.07, 6.45) is 14.5. The number of carbonyl (C=O) groups excluding carboxylic acids is 2. The van der Waals surface area contributed by atoms with Gasteiger partial charge in [-0.05, 0) is 86.4 Å². The molecule has 0 aromatic carbocycles. The van der Waals surface area contributed by atoms with Gasteiger partial charge in [0.05, 0.1) is 17.4 Å². The van der Waals surface area contributed by atoms with E-state index in [1.807, 2.05) is 4.90 Å². The molecule has 0 aromatic rings. The minimum atomic E-state index is -0.0799. The minimum Gasteiger partial charge on any atom is -0.276 e. The Morgan fingerprint density at radius 1 is 0.792 bits per heavy atom. The third-order valence-corrected chi connectivity index (χ3v) is 9.33. The number of hydrogen-bond acceptors (Lipinski definition) is 2. The molecule has 2 amide bonds. The molecule has 7 aliphatic carbocycles. The molecule has 1 saturated heterocycles. The highest BCUT2D eigenvalue weighted by atomic mass is 16.2. The molecule has 8 aliphatic rings. The number of imide groups is 1. The van der Waals surface area contributed by atoms with E-state index in [1.165, 1.54) is 32.1 Å². The minimum absolute atomic E-state index is 0.00278. The predicted molar refractivity (Wildman–Crippen MR) is 87.5 cm³/mol. The van der Waals surface area contributed by atoms with Crippen LogP contribution < -0.4 is 0 Å². The number of nitrogens with zero attached hydrogens (tertiary/aromatic N) is 1. The number of fused-ring (bicyclic) bond motifs is 3. The van der Waals surface area contributed by atoms with Gasteiger partial charge < -0.3 is 0 Å². The smallest absolute Gasteiger partial charge is 0.234 e. The average molecular weight is 323 g/mol. The molecule has 1 aliphatic heterocycles. The molecule has 24 heavy (non-hydrogen) atoms. The third kappa shape index (κ3) is 1.23. The number of amides is 2. The van der Waals surface area contributed by atoms with Crippen molar-refractivity contribution in [2.75, 3.05) is 0 Å². The lowest BCUT2D eigenvalue weighted by molar-refractivity contribution is -0.160. The van der Waals surface area contributed by atoms with Crippen molar-refractivity contribution in [1.29, 1.82) is 0 Å². The van der Waals surface area contributed by atoms with Crippen LogP contribution in [-0.4, -0.2) is 22.3 Å². The van der Waals surface area contributed by atoms with Crippen LogP contribution in [0, 0.1) is 46.8 Å². The monoisotopic (exact) mass is 323 g/mol. The van der Waals surface area contributed by atoms with Crippen molar-refractivity contribution in [1.82, 2.24) is 4.90 Å². The van der Waals surface area contributed by atoms with Crippen molar-refractivity contribution in [3.8, 4) is 0 Å². The summed E-state index contributed by atoms with van der Waals surface area (Å²) < 4.78 is 0. The van der Waals surface area contributed by atoms with Gasteiger partial charge >= 0.3 is 0 Å². The summed E-state index contributed by atoms with van der Waals surface area (Å²) in [6.45, 7) is 0. The lowest BCUT2D eigenvalue weighted by atomic mass is 9.52. The largest absolute Gasteiger partial charge is 0.276 e. The highest BCUT2D eigenvalue weighted by Gasteiger charge is 2.75. The van der Waals surface area contributed by atoms with Crippen LogP contribution in [0.1, 0.15) is 51.4 Å². The Labute approximate surface area is 142 Å². The number of likely N-dealkylation sites (tertiary alicyclic amines) is 1. The van der Waals surface area contributed by atoms with Crippen LogP contribution in [0.4, 0.5) is 0 Å². The quantitative estimate of drug-likeness (QED) is 0.549. The van der Waals surface area contributed by atoms with Gasteiger partial charge in [-0.1, -0.05) is 12.2 Å². The zero-order valence-corrected chi connectivity index (χ0v) is 14.1. The molecule has 0 radical (unpaired) electrons. The van der Waals surface area contributed by atoms with Crippen LogP contribution in [0.2, 0.25) is 0 Å². The van der Waals surface area contributed by atoms with E-state index in [1.54, 1.807) is 0 Å². The van der Waals surface area contributed by atoms with E-state index in [0.717, 1.165) is 37.0 Å². The van der Waals surface area contributed by atoms with Gasteiger partial charge in [0.15, 0.2) is 0 Å². The zero-order chi connectivity index (χ0) is 15.8. The SMILES string of the molecule is O=C1[C@H]2[C@H](C(=O)N1C13CC4CC(CC(C4)C1)C3)[C@@H]1C=C[C@@H]2C12CC2. The Kier molecular flexibility index (Phi) is 2.02. The zero-order valence-electron chi connectivity index (χ0n) is 14.1. The second-order valence-corrected chi connectivity index (χ2v) is 10.4. The van der Waals surface area contributed by atoms with Crippen molar-refractivity contribution < 1.29 is 9.59 Å². The molecule has 1 heterocycles. The van der Waals surface area contributed by atoms with E-state index >= 15 is 0 Å². The van der Waals surface area contributed by atoms with Crippen LogP contribution in [0.3, 0.4) is 0 Å². The molecule has 3 heteroatoms. The summed E-state index contributed by atoms with van der Waals surface area (Å²) in [6, 6.07) is 0. The van der Waals surface area contributed by atoms with Crippen LogP contribution in [-0.2, 0) is 9.59 Å². The molecule has 4 atom stereocenters. The van der Waals surface area contributed by atoms with Gasteiger partial charge in [0.25, 0.3) is 0 Å². The fraction of sp³-hybridized carbons (Fsp3) is 0.810. The normalized spacial score (nSPS) is 57.5. The molecule has 0 aromatic heterocycles. The Morgan fingerprint density at radius 3 is 1.67 bits per heavy atom. The maximum atomic E-state index is 13.5. The van der Waals surface area contributed by atoms with Gasteiger partial charge in [-0.3, -0.25) is 14.5 Å². The molecule has 8 rings (SSSR count). The number of rotatable bonds is 1. The summed E-state index contributed by atoms with van der Waals surface area (Å²) in [5.74, 6) is 3.56. The Hall–Kier alpha value is -1.12. The first-order valence-electron chi connectivity index (χ1n) is 10.2. The van der Waals surface area contributed by atoms with Gasteiger partial charge in [0.2, 0.25) is 11.8 Å². The summed E-state index contributed by atoms with van der Waals surface area (Å²) in [5, 5.41) is 0. The van der Waals surface area contributed by atoms with Gasteiger partial charge in [0.1, 0.15) is 0 Å². The molecular formula is C21H25NO2. The van der Waals surface area contributed by atoms with E-state index in [4.69, 9.17) is 0 Å². The van der Waals surface area contributed by atoms with Crippen molar-refractivity contribution >= 4 is 11.8 Å². The van der Waals surface area contributed by atoms with Crippen molar-refractivity contribution in [3.05, 3.63) is 12.2 Å². The molecule has 6 bridgehead atoms. The number of allylic oxidation sites excluding steroid dienone is 2. The lowest BCUT2D eigenvalue weighted by Gasteiger charge is -2.59. The second kappa shape index (κ2) is 3.68. The lowest BCUT2D eigenvalue weighted by Crippen LogP contribution is -2.62. The molecule has 6 saturated carbocycles. The van der Waals surface area contributed by atoms with Gasteiger partial charge in [-0.15, -0.1) is 0 Å². The first kappa shape index (κ1) is 13.1. The van der Waals surface area contributed by atoms with Crippen LogP contribution in [0.15, 0.2) is 12.2 Å². The van der Waals surface area contributed by atoms with E-state index < -0.39 is 0 Å². The maximum Gasteiger partial charge on any atom is 0.234 e. The van der Waals surface area contributed by atoms with Gasteiger partial charge in [-0.2, -0.15) is 0 Å². The number of hydrogen-bond donors (Lipinski definition) is 0. The molecule has 7 fully saturated rings. The molecular weight excluding hydrogens is 298 g/mol. The molecule has 1 spiro atoms. The fourth-order valence-corrected chi connectivity index (χ4v) is 8.88. The van der Waals surface area contributed by atoms with Gasteiger partial charge in [-0.25, -0.2) is 0 Å². The molecule has 3 nitrogen and oxygen atoms in total. The van der Waals surface area contributed by atoms with E-state index in [2.05, 4.69) is 12.2 Å². The molecule has 0 unspecified atom stereocenters. The Balaban J connectivity index is 1.31. The number of carbonyl (C=O) groups is 2. The highest BCUT2D eigenvalue weighted by molar-refractivity contribution is 6.07. The molecule has 0 N–H and O–H groups in total. The first-order valence-corrected chi connectivity index (χ1v) is 10.2. The topological polar surface area (TPSA) is 37.4 Å². The van der Waals surface area contributed by atoms with E-state index in [0.29, 0.717) is 17.3 Å². The summed E-state index contributed by atoms with van der Waals surface area (Å²) >= 11 is 0. The Morgan fingerprint density at radius 2 is 1.25 bits per heavy atom. The fourth-order valence-electron chi connectivity index (χ4n) is 8.88. The van der Waals surface area contributed by atoms with Crippen molar-refractivity contribution in [3.63, 3.8) is 0 Å². The first-order chi connectivity index (χ1) is 11.6. The molecule has 126 valence electrons.